The van der Waals surface area contributed by atoms with E-state index in [0.29, 0.717) is 10.7 Å². The number of β-lactam (4-membered cyclic amide) rings is 1. The van der Waals surface area contributed by atoms with Gasteiger partial charge in [-0.3, -0.25) is 19.3 Å². The van der Waals surface area contributed by atoms with Gasteiger partial charge in [-0.2, -0.15) is 0 Å². The van der Waals surface area contributed by atoms with Crippen LogP contribution in [0.4, 0.5) is 17.0 Å². The van der Waals surface area contributed by atoms with Gasteiger partial charge in [0.25, 0.3) is 17.0 Å². The summed E-state index contributed by atoms with van der Waals surface area (Å²) in [5.74, 6) is -3.34. The van der Waals surface area contributed by atoms with Gasteiger partial charge in [-0.05, 0) is 12.5 Å². The summed E-state index contributed by atoms with van der Waals surface area (Å²) in [5, 5.41) is 26.6. The minimum absolute atomic E-state index is 0.0323. The highest BCUT2D eigenvalue weighted by Gasteiger charge is 2.54. The van der Waals surface area contributed by atoms with Crippen molar-refractivity contribution in [1.29, 1.82) is 0 Å². The molecule has 4 rings (SSSR count). The van der Waals surface area contributed by atoms with E-state index in [0.717, 1.165) is 16.2 Å². The van der Waals surface area contributed by atoms with Crippen molar-refractivity contribution in [2.24, 2.45) is 12.2 Å². The second-order valence-corrected chi connectivity index (χ2v) is 11.7. The minimum atomic E-state index is -1.30. The smallest absolute Gasteiger partial charge is 0.352 e. The number of oxime groups is 1. The summed E-state index contributed by atoms with van der Waals surface area (Å²) in [6.45, 7) is 1.46. The molecule has 2 aromatic heterocycles. The van der Waals surface area contributed by atoms with Crippen molar-refractivity contribution in [2.75, 3.05) is 28.7 Å². The summed E-state index contributed by atoms with van der Waals surface area (Å²) in [6, 6.07) is -1.06. The van der Waals surface area contributed by atoms with E-state index >= 15 is 0 Å². The summed E-state index contributed by atoms with van der Waals surface area (Å²) in [6.07, 6.45) is -1.23. The molecule has 2 unspecified atom stereocenters. The highest BCUT2D eigenvalue weighted by Crippen LogP contribution is 2.41. The number of amides is 2. The van der Waals surface area contributed by atoms with Crippen molar-refractivity contribution in [1.82, 2.24) is 25.2 Å². The van der Waals surface area contributed by atoms with Crippen LogP contribution in [0.25, 0.3) is 0 Å². The second kappa shape index (κ2) is 12.1. The molecule has 2 amide bonds. The number of nitrogens with one attached hydrogen (secondary N) is 1. The molecule has 3 atom stereocenters. The lowest BCUT2D eigenvalue weighted by Crippen LogP contribution is -2.71. The maximum Gasteiger partial charge on any atom is 0.352 e. The fourth-order valence-corrected chi connectivity index (χ4v) is 6.81. The van der Waals surface area contributed by atoms with Crippen LogP contribution in [0, 0.1) is 0 Å². The molecule has 218 valence electrons. The van der Waals surface area contributed by atoms with E-state index in [1.54, 1.807) is 7.05 Å². The molecule has 17 nitrogen and oxygen atoms in total. The molecule has 0 aromatic carbocycles. The zero-order valence-corrected chi connectivity index (χ0v) is 24.0. The van der Waals surface area contributed by atoms with Gasteiger partial charge in [0.2, 0.25) is 0 Å². The van der Waals surface area contributed by atoms with E-state index in [2.05, 4.69) is 25.4 Å². The van der Waals surface area contributed by atoms with Crippen LogP contribution >= 0.6 is 34.9 Å². The van der Waals surface area contributed by atoms with E-state index in [1.807, 2.05) is 0 Å². The molecular formula is C21H25N10O7S3+. The van der Waals surface area contributed by atoms with Gasteiger partial charge in [-0.1, -0.05) is 26.9 Å². The predicted molar refractivity (Wildman–Crippen MR) is 148 cm³/mol. The highest BCUT2D eigenvalue weighted by molar-refractivity contribution is 8.01. The largest absolute Gasteiger partial charge is 0.481 e. The monoisotopic (exact) mass is 625 g/mol. The molecule has 0 spiro atoms. The number of nitrogens with two attached hydrogens (primary N) is 3. The van der Waals surface area contributed by atoms with Crippen molar-refractivity contribution >= 4 is 81.4 Å². The zero-order valence-electron chi connectivity index (χ0n) is 21.5. The SMILES string of the molecule is CC(CC(=O)O)O/N=C(\C(=O)NC1C(=O)N2C(C(=O)O)=C(CSc3nc(N)nc(N)[n+]3C)CS[C@H]12)c1csc(N)n1. The number of thiazole rings is 1. The average Bonchev–Trinajstić information content (AvgIpc) is 3.33. The minimum Gasteiger partial charge on any atom is -0.481 e. The molecule has 2 aliphatic heterocycles. The van der Waals surface area contributed by atoms with Crippen molar-refractivity contribution < 1.29 is 38.8 Å². The number of carbonyl (C=O) groups excluding carboxylic acids is 2. The number of carbonyl (C=O) groups is 4. The van der Waals surface area contributed by atoms with Crippen LogP contribution in [0.1, 0.15) is 19.0 Å². The van der Waals surface area contributed by atoms with Crippen LogP contribution in [0.2, 0.25) is 0 Å². The summed E-state index contributed by atoms with van der Waals surface area (Å²) in [7, 11) is 1.64. The molecule has 2 aliphatic rings. The first-order valence-electron chi connectivity index (χ1n) is 11.7. The Hall–Kier alpha value is -4.17. The predicted octanol–water partition coefficient (Wildman–Crippen LogP) is -1.38. The summed E-state index contributed by atoms with van der Waals surface area (Å²) in [5.41, 5.74) is 17.2. The summed E-state index contributed by atoms with van der Waals surface area (Å²) < 4.78 is 1.50. The Morgan fingerprint density at radius 2 is 2.02 bits per heavy atom. The van der Waals surface area contributed by atoms with Crippen LogP contribution in [0.15, 0.2) is 27.0 Å². The third kappa shape index (κ3) is 6.43. The number of carboxylic acids is 2. The Bertz CT molecular complexity index is 1480. The van der Waals surface area contributed by atoms with E-state index < -0.39 is 41.3 Å². The number of hydrogen-bond donors (Lipinski definition) is 6. The van der Waals surface area contributed by atoms with Crippen LogP contribution in [0.5, 0.6) is 0 Å². The fraction of sp³-hybridized carbons (Fsp3) is 0.381. The molecule has 0 aliphatic carbocycles. The Balaban J connectivity index is 1.51. The molecule has 0 radical (unpaired) electrons. The van der Waals surface area contributed by atoms with E-state index in [-0.39, 0.29) is 52.1 Å². The van der Waals surface area contributed by atoms with Gasteiger partial charge in [0, 0.05) is 16.9 Å². The van der Waals surface area contributed by atoms with Gasteiger partial charge in [0.15, 0.2) is 10.8 Å². The van der Waals surface area contributed by atoms with Crippen LogP contribution < -0.4 is 27.1 Å². The number of carboxylic acid groups (broad SMARTS) is 2. The number of aromatic nitrogens is 4. The Labute approximate surface area is 244 Å². The maximum absolute atomic E-state index is 13.2. The fourth-order valence-electron chi connectivity index (χ4n) is 3.80. The first-order chi connectivity index (χ1) is 19.4. The van der Waals surface area contributed by atoms with E-state index in [4.69, 9.17) is 27.1 Å². The number of anilines is 3. The highest BCUT2D eigenvalue weighted by atomic mass is 32.2. The van der Waals surface area contributed by atoms with E-state index in [9.17, 15) is 24.3 Å². The normalized spacial score (nSPS) is 19.3. The molecule has 2 aromatic rings. The first-order valence-corrected chi connectivity index (χ1v) is 14.6. The number of hydrogen-bond acceptors (Lipinski definition) is 15. The average molecular weight is 626 g/mol. The molecule has 1 saturated heterocycles. The number of nitrogen functional groups attached to an aromatic ring is 3. The molecule has 20 heteroatoms. The molecule has 1 fully saturated rings. The van der Waals surface area contributed by atoms with Gasteiger partial charge in [0.05, 0.1) is 13.5 Å². The van der Waals surface area contributed by atoms with Crippen molar-refractivity contribution in [3.05, 3.63) is 22.3 Å². The van der Waals surface area contributed by atoms with Gasteiger partial charge in [-0.15, -0.1) is 23.1 Å². The lowest BCUT2D eigenvalue weighted by Gasteiger charge is -2.49. The van der Waals surface area contributed by atoms with Crippen molar-refractivity contribution in [3.8, 4) is 0 Å². The molecule has 41 heavy (non-hydrogen) atoms. The van der Waals surface area contributed by atoms with Gasteiger partial charge in [-0.25, -0.2) is 14.3 Å². The summed E-state index contributed by atoms with van der Waals surface area (Å²) in [4.78, 5) is 67.7. The Morgan fingerprint density at radius 1 is 1.29 bits per heavy atom. The molecule has 9 N–H and O–H groups in total. The summed E-state index contributed by atoms with van der Waals surface area (Å²) >= 11 is 3.50. The molecular weight excluding hydrogens is 600 g/mol. The number of nitrogens with zero attached hydrogens (tertiary/aromatic N) is 6. The molecule has 0 saturated carbocycles. The Morgan fingerprint density at radius 3 is 2.66 bits per heavy atom. The lowest BCUT2D eigenvalue weighted by atomic mass is 10.0. The third-order valence-electron chi connectivity index (χ3n) is 5.75. The zero-order chi connectivity index (χ0) is 30.0. The number of rotatable bonds is 11. The maximum atomic E-state index is 13.2. The molecule has 4 heterocycles. The van der Waals surface area contributed by atoms with Gasteiger partial charge in [0.1, 0.15) is 28.9 Å². The lowest BCUT2D eigenvalue weighted by molar-refractivity contribution is -0.701. The topological polar surface area (TPSA) is 266 Å². The number of fused-ring (bicyclic) bond motifs is 1. The van der Waals surface area contributed by atoms with Crippen molar-refractivity contribution in [3.63, 3.8) is 0 Å². The first kappa shape index (κ1) is 29.8. The Kier molecular flexibility index (Phi) is 8.83. The standard InChI is InChI=1S/C21H24N10O7S3/c1-7(3-10(32)33)38-29-11(9-6-40-20(24)25-9)14(34)26-12-15(35)31-13(17(36)37)8(4-39-16(12)31)5-41-21-28-18(22)27-19(23)30(21)2/h6-7,12,16H,3-5H2,1-2H3,(H8,22,23,24,25,26,27,32,33,34,36,37)/p+1/b29-11-/t7?,12?,16-/m1/s1. The van der Waals surface area contributed by atoms with Crippen LogP contribution in [-0.4, -0.2) is 88.6 Å². The molecule has 0 bridgehead atoms. The van der Waals surface area contributed by atoms with Crippen molar-refractivity contribution in [2.45, 2.75) is 36.0 Å². The van der Waals surface area contributed by atoms with Gasteiger partial charge >= 0.3 is 23.8 Å². The van der Waals surface area contributed by atoms with Crippen LogP contribution in [-0.2, 0) is 31.1 Å². The number of thioether (sulfide) groups is 2. The second-order valence-electron chi connectivity index (χ2n) is 8.71. The quantitative estimate of drug-likeness (QED) is 0.0552. The number of aliphatic carboxylic acids is 2. The van der Waals surface area contributed by atoms with Gasteiger partial charge < -0.3 is 37.6 Å². The van der Waals surface area contributed by atoms with E-state index in [1.165, 1.54) is 40.4 Å². The third-order valence-corrected chi connectivity index (χ3v) is 8.88. The van der Waals surface area contributed by atoms with Crippen LogP contribution in [0.3, 0.4) is 0 Å².